The van der Waals surface area contributed by atoms with E-state index in [1.54, 1.807) is 27.5 Å². The average molecular weight is 409 g/mol. The number of rotatable bonds is 8. The summed E-state index contributed by atoms with van der Waals surface area (Å²) in [7, 11) is 8.74. The first kappa shape index (κ1) is 21.0. The van der Waals surface area contributed by atoms with Crippen LogP contribution in [0.25, 0.3) is 0 Å². The maximum atomic E-state index is 5.43. The second-order valence-corrected chi connectivity index (χ2v) is 6.83. The Balaban J connectivity index is 1.88. The molecule has 0 atom stereocenters. The summed E-state index contributed by atoms with van der Waals surface area (Å²) in [6.45, 7) is 1.94. The Labute approximate surface area is 176 Å². The van der Waals surface area contributed by atoms with Crippen molar-refractivity contribution in [2.75, 3.05) is 51.0 Å². The first-order valence-corrected chi connectivity index (χ1v) is 9.40. The number of ether oxygens (including phenoxy) is 3. The van der Waals surface area contributed by atoms with Gasteiger partial charge in [-0.1, -0.05) is 6.07 Å². The van der Waals surface area contributed by atoms with Crippen molar-refractivity contribution in [1.82, 2.24) is 9.97 Å². The topological polar surface area (TPSA) is 80.8 Å². The van der Waals surface area contributed by atoms with E-state index in [0.29, 0.717) is 29.0 Å². The molecule has 0 aliphatic rings. The van der Waals surface area contributed by atoms with Crippen molar-refractivity contribution in [2.45, 2.75) is 6.92 Å². The molecule has 30 heavy (non-hydrogen) atoms. The van der Waals surface area contributed by atoms with Crippen LogP contribution in [-0.4, -0.2) is 45.4 Å². The van der Waals surface area contributed by atoms with E-state index >= 15 is 0 Å². The Kier molecular flexibility index (Phi) is 6.46. The van der Waals surface area contributed by atoms with Gasteiger partial charge in [0.1, 0.15) is 5.82 Å². The van der Waals surface area contributed by atoms with Gasteiger partial charge in [-0.05, 0) is 25.1 Å². The van der Waals surface area contributed by atoms with Gasteiger partial charge in [0.2, 0.25) is 11.7 Å². The van der Waals surface area contributed by atoms with Crippen LogP contribution in [0, 0.1) is 6.92 Å². The van der Waals surface area contributed by atoms with Crippen molar-refractivity contribution in [2.24, 2.45) is 0 Å². The van der Waals surface area contributed by atoms with Gasteiger partial charge in [0.25, 0.3) is 0 Å². The summed E-state index contributed by atoms with van der Waals surface area (Å²) in [6.07, 6.45) is 1.77. The summed E-state index contributed by atoms with van der Waals surface area (Å²) >= 11 is 0. The zero-order valence-corrected chi connectivity index (χ0v) is 18.1. The Morgan fingerprint density at radius 1 is 0.867 bits per heavy atom. The molecule has 0 bridgehead atoms. The number of nitrogens with zero attached hydrogens (tertiary/aromatic N) is 3. The maximum Gasteiger partial charge on any atom is 0.229 e. The van der Waals surface area contributed by atoms with E-state index in [0.717, 1.165) is 22.6 Å². The van der Waals surface area contributed by atoms with Gasteiger partial charge in [0.05, 0.1) is 21.3 Å². The molecule has 0 saturated heterocycles. The molecule has 8 nitrogen and oxygen atoms in total. The highest BCUT2D eigenvalue weighted by atomic mass is 16.5. The molecule has 0 amide bonds. The lowest BCUT2D eigenvalue weighted by atomic mass is 10.2. The minimum absolute atomic E-state index is 0.492. The van der Waals surface area contributed by atoms with Crippen LogP contribution >= 0.6 is 0 Å². The fraction of sp³-hybridized carbons (Fsp3) is 0.273. The highest BCUT2D eigenvalue weighted by Crippen LogP contribution is 2.40. The molecule has 0 fully saturated rings. The number of hydrogen-bond donors (Lipinski definition) is 2. The van der Waals surface area contributed by atoms with E-state index in [2.05, 4.69) is 20.6 Å². The van der Waals surface area contributed by atoms with E-state index in [4.69, 9.17) is 14.2 Å². The summed E-state index contributed by atoms with van der Waals surface area (Å²) in [5.74, 6) is 2.82. The first-order valence-electron chi connectivity index (χ1n) is 9.40. The Hall–Kier alpha value is -3.68. The zero-order chi connectivity index (χ0) is 21.7. The molecule has 0 aliphatic carbocycles. The van der Waals surface area contributed by atoms with Gasteiger partial charge in [-0.3, -0.25) is 0 Å². The average Bonchev–Trinajstić information content (AvgIpc) is 2.75. The van der Waals surface area contributed by atoms with Crippen LogP contribution in [0.4, 0.5) is 28.8 Å². The molecule has 0 unspecified atom stereocenters. The van der Waals surface area contributed by atoms with Crippen LogP contribution in [0.1, 0.15) is 5.56 Å². The van der Waals surface area contributed by atoms with E-state index in [1.807, 2.05) is 62.3 Å². The van der Waals surface area contributed by atoms with Crippen molar-refractivity contribution in [3.05, 3.63) is 48.2 Å². The molecule has 1 aromatic heterocycles. The molecule has 0 spiro atoms. The number of methoxy groups -OCH3 is 3. The molecule has 2 N–H and O–H groups in total. The van der Waals surface area contributed by atoms with Crippen molar-refractivity contribution in [3.8, 4) is 17.2 Å². The molecule has 0 radical (unpaired) electrons. The smallest absolute Gasteiger partial charge is 0.229 e. The van der Waals surface area contributed by atoms with Gasteiger partial charge in [-0.25, -0.2) is 4.98 Å². The molecular formula is C22H27N5O3. The predicted octanol–water partition coefficient (Wildman–Crippen LogP) is 4.36. The van der Waals surface area contributed by atoms with E-state index in [1.165, 1.54) is 0 Å². The van der Waals surface area contributed by atoms with Gasteiger partial charge in [-0.2, -0.15) is 4.98 Å². The van der Waals surface area contributed by atoms with Crippen LogP contribution in [0.5, 0.6) is 17.2 Å². The molecule has 0 aliphatic heterocycles. The number of aromatic nitrogens is 2. The molecule has 8 heteroatoms. The highest BCUT2D eigenvalue weighted by molar-refractivity contribution is 5.69. The van der Waals surface area contributed by atoms with Crippen LogP contribution in [0.15, 0.2) is 42.6 Å². The Morgan fingerprint density at radius 3 is 2.17 bits per heavy atom. The first-order chi connectivity index (χ1) is 14.4. The maximum absolute atomic E-state index is 5.43. The highest BCUT2D eigenvalue weighted by Gasteiger charge is 2.14. The fourth-order valence-corrected chi connectivity index (χ4v) is 2.91. The number of aryl methyl sites for hydroxylation is 1. The quantitative estimate of drug-likeness (QED) is 0.568. The molecule has 2 aromatic carbocycles. The zero-order valence-electron chi connectivity index (χ0n) is 18.1. The van der Waals surface area contributed by atoms with E-state index in [-0.39, 0.29) is 0 Å². The Bertz CT molecular complexity index is 998. The van der Waals surface area contributed by atoms with E-state index < -0.39 is 0 Å². The molecule has 1 heterocycles. The second kappa shape index (κ2) is 9.21. The number of nitrogens with one attached hydrogen (secondary N) is 2. The third kappa shape index (κ3) is 4.65. The number of anilines is 5. The van der Waals surface area contributed by atoms with Crippen molar-refractivity contribution >= 4 is 28.8 Å². The predicted molar refractivity (Wildman–Crippen MR) is 120 cm³/mol. The van der Waals surface area contributed by atoms with Gasteiger partial charge in [0.15, 0.2) is 11.5 Å². The largest absolute Gasteiger partial charge is 0.493 e. The van der Waals surface area contributed by atoms with Gasteiger partial charge >= 0.3 is 0 Å². The van der Waals surface area contributed by atoms with Gasteiger partial charge < -0.3 is 29.7 Å². The summed E-state index contributed by atoms with van der Waals surface area (Å²) in [6, 6.07) is 11.7. The lowest BCUT2D eigenvalue weighted by Crippen LogP contribution is -2.09. The minimum Gasteiger partial charge on any atom is -0.493 e. The summed E-state index contributed by atoms with van der Waals surface area (Å²) in [4.78, 5) is 11.1. The number of hydrogen-bond acceptors (Lipinski definition) is 8. The molecular weight excluding hydrogens is 382 g/mol. The molecule has 0 saturated carbocycles. The lowest BCUT2D eigenvalue weighted by molar-refractivity contribution is 0.324. The molecule has 158 valence electrons. The van der Waals surface area contributed by atoms with Crippen LogP contribution < -0.4 is 29.7 Å². The summed E-state index contributed by atoms with van der Waals surface area (Å²) in [5, 5.41) is 6.57. The van der Waals surface area contributed by atoms with Crippen molar-refractivity contribution in [1.29, 1.82) is 0 Å². The monoisotopic (exact) mass is 409 g/mol. The molecule has 3 aromatic rings. The van der Waals surface area contributed by atoms with Gasteiger partial charge in [0, 0.05) is 55.1 Å². The van der Waals surface area contributed by atoms with Crippen LogP contribution in [0.2, 0.25) is 0 Å². The van der Waals surface area contributed by atoms with Crippen molar-refractivity contribution < 1.29 is 14.2 Å². The Morgan fingerprint density at radius 2 is 1.57 bits per heavy atom. The fourth-order valence-electron chi connectivity index (χ4n) is 2.91. The van der Waals surface area contributed by atoms with Crippen molar-refractivity contribution in [3.63, 3.8) is 0 Å². The van der Waals surface area contributed by atoms with E-state index in [9.17, 15) is 0 Å². The van der Waals surface area contributed by atoms with Crippen LogP contribution in [0.3, 0.4) is 0 Å². The third-order valence-corrected chi connectivity index (χ3v) is 4.52. The van der Waals surface area contributed by atoms with Crippen LogP contribution in [-0.2, 0) is 0 Å². The van der Waals surface area contributed by atoms with Gasteiger partial charge in [-0.15, -0.1) is 0 Å². The molecule has 3 rings (SSSR count). The third-order valence-electron chi connectivity index (χ3n) is 4.52. The SMILES string of the molecule is COc1cc(Nc2nc(Nc3cccc(N(C)C)c3)ncc2C)cc(OC)c1OC. The standard InChI is InChI=1S/C22H27N5O3/c1-14-13-23-22(25-15-8-7-9-17(10-15)27(2)3)26-21(14)24-16-11-18(28-4)20(30-6)19(12-16)29-5/h7-13H,1-6H3,(H2,23,24,25,26). The number of benzene rings is 2. The summed E-state index contributed by atoms with van der Waals surface area (Å²) in [5.41, 5.74) is 3.65. The minimum atomic E-state index is 0.492. The normalized spacial score (nSPS) is 10.3. The lowest BCUT2D eigenvalue weighted by Gasteiger charge is -2.16. The summed E-state index contributed by atoms with van der Waals surface area (Å²) < 4.78 is 16.2. The second-order valence-electron chi connectivity index (χ2n) is 6.83.